The zero-order valence-corrected chi connectivity index (χ0v) is 9.62. The highest BCUT2D eigenvalue weighted by Crippen LogP contribution is 2.56. The van der Waals surface area contributed by atoms with Crippen LogP contribution in [0.4, 0.5) is 4.79 Å². The average molecular weight is 213 g/mol. The summed E-state index contributed by atoms with van der Waals surface area (Å²) in [5, 5.41) is 9.97. The van der Waals surface area contributed by atoms with E-state index in [4.69, 9.17) is 4.74 Å². The minimum atomic E-state index is -0.632. The standard InChI is InChI=1S/C11H19NO3/c1-10(2,3)15-9(14)12-7-6-11(4-5-11)8(12)13/h8,13H,4-7H2,1-3H3. The molecule has 86 valence electrons. The van der Waals surface area contributed by atoms with Crippen LogP contribution < -0.4 is 0 Å². The molecule has 0 aromatic rings. The van der Waals surface area contributed by atoms with Crippen molar-refractivity contribution in [3.8, 4) is 0 Å². The molecule has 1 N–H and O–H groups in total. The molecule has 0 bridgehead atoms. The molecular weight excluding hydrogens is 194 g/mol. The van der Waals surface area contributed by atoms with E-state index < -0.39 is 17.9 Å². The normalized spacial score (nSPS) is 28.3. The first-order valence-electron chi connectivity index (χ1n) is 5.52. The maximum absolute atomic E-state index is 11.7. The van der Waals surface area contributed by atoms with Crippen LogP contribution in [-0.4, -0.2) is 34.5 Å². The van der Waals surface area contributed by atoms with E-state index in [0.29, 0.717) is 6.54 Å². The van der Waals surface area contributed by atoms with Crippen LogP contribution in [0.5, 0.6) is 0 Å². The number of rotatable bonds is 0. The van der Waals surface area contributed by atoms with Crippen LogP contribution in [0.3, 0.4) is 0 Å². The Labute approximate surface area is 90.2 Å². The molecule has 1 spiro atoms. The van der Waals surface area contributed by atoms with E-state index in [2.05, 4.69) is 0 Å². The molecule has 15 heavy (non-hydrogen) atoms. The van der Waals surface area contributed by atoms with Gasteiger partial charge in [0.2, 0.25) is 0 Å². The fourth-order valence-electron chi connectivity index (χ4n) is 2.11. The summed E-state index contributed by atoms with van der Waals surface area (Å²) in [7, 11) is 0. The van der Waals surface area contributed by atoms with E-state index in [1.54, 1.807) is 0 Å². The van der Waals surface area contributed by atoms with Crippen LogP contribution in [0.25, 0.3) is 0 Å². The lowest BCUT2D eigenvalue weighted by atomic mass is 10.1. The summed E-state index contributed by atoms with van der Waals surface area (Å²) in [6.07, 6.45) is 1.96. The lowest BCUT2D eigenvalue weighted by Gasteiger charge is -2.27. The SMILES string of the molecule is CC(C)(C)OC(=O)N1CCC2(CC2)C1O. The number of hydrogen-bond acceptors (Lipinski definition) is 3. The van der Waals surface area contributed by atoms with Gasteiger partial charge >= 0.3 is 6.09 Å². The van der Waals surface area contributed by atoms with Gasteiger partial charge in [0.1, 0.15) is 11.8 Å². The van der Waals surface area contributed by atoms with Crippen molar-refractivity contribution in [3.63, 3.8) is 0 Å². The van der Waals surface area contributed by atoms with Crippen molar-refractivity contribution in [1.29, 1.82) is 0 Å². The van der Waals surface area contributed by atoms with Crippen LogP contribution in [0.15, 0.2) is 0 Å². The summed E-state index contributed by atoms with van der Waals surface area (Å²) in [6.45, 7) is 6.12. The molecule has 2 aliphatic rings. The molecule has 1 heterocycles. The first-order chi connectivity index (χ1) is 6.84. The maximum atomic E-state index is 11.7. The summed E-state index contributed by atoms with van der Waals surface area (Å²) in [5.41, 5.74) is -0.479. The second kappa shape index (κ2) is 3.11. The molecule has 1 aliphatic heterocycles. The van der Waals surface area contributed by atoms with Gasteiger partial charge in [-0.1, -0.05) is 0 Å². The Morgan fingerprint density at radius 1 is 1.40 bits per heavy atom. The molecule has 1 atom stereocenters. The highest BCUT2D eigenvalue weighted by atomic mass is 16.6. The monoisotopic (exact) mass is 213 g/mol. The minimum Gasteiger partial charge on any atom is -0.444 e. The molecule has 4 heteroatoms. The van der Waals surface area contributed by atoms with E-state index in [9.17, 15) is 9.90 Å². The number of nitrogens with zero attached hydrogens (tertiary/aromatic N) is 1. The second-order valence-corrected chi connectivity index (χ2v) is 5.66. The van der Waals surface area contributed by atoms with Crippen LogP contribution in [0.1, 0.15) is 40.0 Å². The van der Waals surface area contributed by atoms with Gasteiger partial charge in [0, 0.05) is 12.0 Å². The van der Waals surface area contributed by atoms with Gasteiger partial charge in [-0.2, -0.15) is 0 Å². The largest absolute Gasteiger partial charge is 0.444 e. The quantitative estimate of drug-likeness (QED) is 0.666. The lowest BCUT2D eigenvalue weighted by molar-refractivity contribution is -0.0299. The number of amides is 1. The Bertz CT molecular complexity index is 278. The van der Waals surface area contributed by atoms with Crippen molar-refractivity contribution >= 4 is 6.09 Å². The van der Waals surface area contributed by atoms with Crippen LogP contribution in [0.2, 0.25) is 0 Å². The Balaban J connectivity index is 1.97. The maximum Gasteiger partial charge on any atom is 0.412 e. The van der Waals surface area contributed by atoms with Gasteiger partial charge in [0.15, 0.2) is 0 Å². The summed E-state index contributed by atoms with van der Waals surface area (Å²) in [6, 6.07) is 0. The molecule has 0 aromatic heterocycles. The Morgan fingerprint density at radius 3 is 2.40 bits per heavy atom. The fraction of sp³-hybridized carbons (Fsp3) is 0.909. The van der Waals surface area contributed by atoms with Crippen LogP contribution in [0, 0.1) is 5.41 Å². The van der Waals surface area contributed by atoms with Crippen molar-refractivity contribution in [1.82, 2.24) is 4.90 Å². The summed E-state index contributed by atoms with van der Waals surface area (Å²) in [4.78, 5) is 13.2. The first-order valence-corrected chi connectivity index (χ1v) is 5.52. The smallest absolute Gasteiger partial charge is 0.412 e. The number of hydrogen-bond donors (Lipinski definition) is 1. The van der Waals surface area contributed by atoms with E-state index in [0.717, 1.165) is 19.3 Å². The fourth-order valence-corrected chi connectivity index (χ4v) is 2.11. The van der Waals surface area contributed by atoms with Crippen molar-refractivity contribution < 1.29 is 14.6 Å². The van der Waals surface area contributed by atoms with Gasteiger partial charge in [-0.05, 0) is 40.0 Å². The molecule has 1 saturated heterocycles. The molecule has 1 saturated carbocycles. The summed E-state index contributed by atoms with van der Waals surface area (Å²) in [5.74, 6) is 0. The first kappa shape index (κ1) is 10.7. The molecule has 0 radical (unpaired) electrons. The Hall–Kier alpha value is -0.770. The number of aliphatic hydroxyl groups excluding tert-OH is 1. The molecule has 0 aromatic carbocycles. The predicted molar refractivity (Wildman–Crippen MR) is 55.2 cm³/mol. The highest BCUT2D eigenvalue weighted by molar-refractivity contribution is 5.69. The molecular formula is C11H19NO3. The van der Waals surface area contributed by atoms with Crippen LogP contribution in [-0.2, 0) is 4.74 Å². The molecule has 2 rings (SSSR count). The number of aliphatic hydroxyl groups is 1. The van der Waals surface area contributed by atoms with Crippen molar-refractivity contribution in [2.24, 2.45) is 5.41 Å². The van der Waals surface area contributed by atoms with Gasteiger partial charge in [0.25, 0.3) is 0 Å². The zero-order chi connectivity index (χ0) is 11.3. The number of carbonyl (C=O) groups is 1. The second-order valence-electron chi connectivity index (χ2n) is 5.66. The molecule has 1 amide bonds. The highest BCUT2D eigenvalue weighted by Gasteiger charge is 2.56. The molecule has 1 aliphatic carbocycles. The number of ether oxygens (including phenoxy) is 1. The molecule has 1 unspecified atom stereocenters. The van der Waals surface area contributed by atoms with Crippen LogP contribution >= 0.6 is 0 Å². The number of likely N-dealkylation sites (tertiary alicyclic amines) is 1. The van der Waals surface area contributed by atoms with Crippen molar-refractivity contribution in [3.05, 3.63) is 0 Å². The third-order valence-electron chi connectivity index (χ3n) is 3.21. The molecule has 2 fully saturated rings. The zero-order valence-electron chi connectivity index (χ0n) is 9.62. The van der Waals surface area contributed by atoms with E-state index in [-0.39, 0.29) is 5.41 Å². The third kappa shape index (κ3) is 1.95. The summed E-state index contributed by atoms with van der Waals surface area (Å²) < 4.78 is 5.24. The third-order valence-corrected chi connectivity index (χ3v) is 3.21. The Kier molecular flexibility index (Phi) is 2.23. The summed E-state index contributed by atoms with van der Waals surface area (Å²) >= 11 is 0. The predicted octanol–water partition coefficient (Wildman–Crippen LogP) is 1.73. The minimum absolute atomic E-state index is 0.0108. The average Bonchev–Trinajstić information content (AvgIpc) is 2.74. The van der Waals surface area contributed by atoms with Gasteiger partial charge in [-0.3, -0.25) is 4.90 Å². The van der Waals surface area contributed by atoms with Gasteiger partial charge in [-0.25, -0.2) is 4.79 Å². The number of carbonyl (C=O) groups excluding carboxylic acids is 1. The van der Waals surface area contributed by atoms with Gasteiger partial charge < -0.3 is 9.84 Å². The van der Waals surface area contributed by atoms with E-state index in [1.807, 2.05) is 20.8 Å². The van der Waals surface area contributed by atoms with E-state index >= 15 is 0 Å². The van der Waals surface area contributed by atoms with Crippen molar-refractivity contribution in [2.75, 3.05) is 6.54 Å². The van der Waals surface area contributed by atoms with Gasteiger partial charge in [-0.15, -0.1) is 0 Å². The van der Waals surface area contributed by atoms with E-state index in [1.165, 1.54) is 4.90 Å². The Morgan fingerprint density at radius 2 is 2.00 bits per heavy atom. The topological polar surface area (TPSA) is 49.8 Å². The van der Waals surface area contributed by atoms with Crippen molar-refractivity contribution in [2.45, 2.75) is 51.9 Å². The van der Waals surface area contributed by atoms with Gasteiger partial charge in [0.05, 0.1) is 0 Å². The molecule has 4 nitrogen and oxygen atoms in total. The lowest BCUT2D eigenvalue weighted by Crippen LogP contribution is -2.41.